The summed E-state index contributed by atoms with van der Waals surface area (Å²) in [5.41, 5.74) is 4.20. The number of hydrogen-bond acceptors (Lipinski definition) is 1. The lowest BCUT2D eigenvalue weighted by Gasteiger charge is -2.17. The second kappa shape index (κ2) is 8.89. The molecule has 0 saturated carbocycles. The zero-order valence-electron chi connectivity index (χ0n) is 13.0. The first kappa shape index (κ1) is 16.9. The Hall–Kier alpha value is -1.18. The molecular formula is C18H27FO. The lowest BCUT2D eigenvalue weighted by molar-refractivity contribution is -0.133. The van der Waals surface area contributed by atoms with Gasteiger partial charge in [-0.25, -0.2) is 0 Å². The molecule has 0 aliphatic heterocycles. The largest absolute Gasteiger partial charge is 0.304 e. The summed E-state index contributed by atoms with van der Waals surface area (Å²) in [5.74, 6) is -0.375. The van der Waals surface area contributed by atoms with Gasteiger partial charge in [-0.1, -0.05) is 34.9 Å². The number of allylic oxidation sites excluding steroid dienone is 6. The third-order valence-corrected chi connectivity index (χ3v) is 3.88. The number of rotatable bonds is 7. The molecule has 0 aromatic rings. The van der Waals surface area contributed by atoms with Crippen LogP contribution in [0, 0.1) is 5.92 Å². The molecule has 1 rings (SSSR count). The van der Waals surface area contributed by atoms with Crippen LogP contribution in [0.25, 0.3) is 0 Å². The molecule has 0 fully saturated rings. The van der Waals surface area contributed by atoms with E-state index in [0.29, 0.717) is 12.8 Å². The van der Waals surface area contributed by atoms with Crippen molar-refractivity contribution in [3.63, 3.8) is 0 Å². The van der Waals surface area contributed by atoms with Crippen molar-refractivity contribution < 1.29 is 9.18 Å². The summed E-state index contributed by atoms with van der Waals surface area (Å²) >= 11 is 0. The predicted molar refractivity (Wildman–Crippen MR) is 83.2 cm³/mol. The summed E-state index contributed by atoms with van der Waals surface area (Å²) < 4.78 is 12.6. The average Bonchev–Trinajstić information content (AvgIpc) is 2.39. The fourth-order valence-corrected chi connectivity index (χ4v) is 2.52. The fraction of sp³-hybridized carbons (Fsp3) is 0.611. The summed E-state index contributed by atoms with van der Waals surface area (Å²) in [6.07, 6.45) is 13.2. The molecule has 0 heterocycles. The first-order valence-corrected chi connectivity index (χ1v) is 7.65. The molecule has 1 nitrogen and oxygen atoms in total. The van der Waals surface area contributed by atoms with Crippen LogP contribution < -0.4 is 0 Å². The van der Waals surface area contributed by atoms with Crippen LogP contribution in [0.1, 0.15) is 65.7 Å². The maximum Gasteiger partial charge on any atom is 0.304 e. The zero-order valence-corrected chi connectivity index (χ0v) is 13.0. The molecule has 112 valence electrons. The molecule has 0 N–H and O–H groups in total. The topological polar surface area (TPSA) is 17.1 Å². The maximum atomic E-state index is 12.6. The molecule has 1 unspecified atom stereocenters. The lowest BCUT2D eigenvalue weighted by Crippen LogP contribution is -2.12. The maximum absolute atomic E-state index is 12.6. The molecule has 1 aliphatic rings. The van der Waals surface area contributed by atoms with Crippen LogP contribution in [0.3, 0.4) is 0 Å². The van der Waals surface area contributed by atoms with E-state index >= 15 is 0 Å². The van der Waals surface area contributed by atoms with Gasteiger partial charge in [0.25, 0.3) is 0 Å². The van der Waals surface area contributed by atoms with Crippen LogP contribution >= 0.6 is 0 Å². The van der Waals surface area contributed by atoms with Gasteiger partial charge in [0.2, 0.25) is 0 Å². The summed E-state index contributed by atoms with van der Waals surface area (Å²) in [7, 11) is 0. The minimum Gasteiger partial charge on any atom is -0.261 e. The molecule has 0 saturated heterocycles. The number of halogens is 1. The lowest BCUT2D eigenvalue weighted by atomic mass is 9.88. The Morgan fingerprint density at radius 1 is 1.30 bits per heavy atom. The van der Waals surface area contributed by atoms with E-state index in [1.807, 2.05) is 0 Å². The normalized spacial score (nSPS) is 19.5. The van der Waals surface area contributed by atoms with Gasteiger partial charge < -0.3 is 0 Å². The van der Waals surface area contributed by atoms with Crippen LogP contribution in [0.5, 0.6) is 0 Å². The van der Waals surface area contributed by atoms with Crippen molar-refractivity contribution >= 4 is 6.04 Å². The van der Waals surface area contributed by atoms with Crippen LogP contribution in [-0.4, -0.2) is 6.04 Å². The minimum absolute atomic E-state index is 0.375. The molecule has 1 aliphatic carbocycles. The second-order valence-corrected chi connectivity index (χ2v) is 6.05. The van der Waals surface area contributed by atoms with Gasteiger partial charge in [-0.15, -0.1) is 0 Å². The predicted octanol–water partition coefficient (Wildman–Crippen LogP) is 5.68. The molecule has 20 heavy (non-hydrogen) atoms. The van der Waals surface area contributed by atoms with Gasteiger partial charge in [-0.05, 0) is 65.7 Å². The Balaban J connectivity index is 2.27. The van der Waals surface area contributed by atoms with E-state index in [-0.39, 0.29) is 5.92 Å². The van der Waals surface area contributed by atoms with E-state index in [1.54, 1.807) is 0 Å². The first-order valence-electron chi connectivity index (χ1n) is 7.65. The molecular weight excluding hydrogens is 251 g/mol. The van der Waals surface area contributed by atoms with Crippen molar-refractivity contribution in [1.29, 1.82) is 0 Å². The van der Waals surface area contributed by atoms with Gasteiger partial charge in [0.15, 0.2) is 0 Å². The Bertz CT molecular complexity index is 411. The molecule has 2 heteroatoms. The molecule has 1 atom stereocenters. The quantitative estimate of drug-likeness (QED) is 0.432. The Morgan fingerprint density at radius 3 is 2.60 bits per heavy atom. The van der Waals surface area contributed by atoms with Crippen LogP contribution in [0.2, 0.25) is 0 Å². The van der Waals surface area contributed by atoms with E-state index in [1.165, 1.54) is 16.7 Å². The zero-order chi connectivity index (χ0) is 15.0. The van der Waals surface area contributed by atoms with Gasteiger partial charge in [0.05, 0.1) is 5.92 Å². The van der Waals surface area contributed by atoms with Gasteiger partial charge in [-0.3, -0.25) is 4.79 Å². The van der Waals surface area contributed by atoms with Crippen molar-refractivity contribution in [2.75, 3.05) is 0 Å². The molecule has 0 spiro atoms. The Kier molecular flexibility index (Phi) is 7.50. The number of carbonyl (C=O) groups excluding carboxylic acids is 1. The monoisotopic (exact) mass is 278 g/mol. The van der Waals surface area contributed by atoms with Gasteiger partial charge in [0, 0.05) is 0 Å². The number of hydrogen-bond donors (Lipinski definition) is 0. The van der Waals surface area contributed by atoms with Crippen molar-refractivity contribution in [3.8, 4) is 0 Å². The average molecular weight is 278 g/mol. The molecule has 0 amide bonds. The molecule has 0 radical (unpaired) electrons. The Labute approximate surface area is 122 Å². The minimum atomic E-state index is -1.14. The molecule has 0 aromatic carbocycles. The second-order valence-electron chi connectivity index (χ2n) is 6.05. The summed E-state index contributed by atoms with van der Waals surface area (Å²) in [5, 5.41) is 0. The van der Waals surface area contributed by atoms with Crippen molar-refractivity contribution in [2.24, 2.45) is 5.92 Å². The Morgan fingerprint density at radius 2 is 2.05 bits per heavy atom. The van der Waals surface area contributed by atoms with Gasteiger partial charge in [0.1, 0.15) is 0 Å². The molecule has 0 aromatic heterocycles. The summed E-state index contributed by atoms with van der Waals surface area (Å²) in [6, 6.07) is -1.14. The van der Waals surface area contributed by atoms with Crippen molar-refractivity contribution in [1.82, 2.24) is 0 Å². The third-order valence-electron chi connectivity index (χ3n) is 3.88. The van der Waals surface area contributed by atoms with E-state index in [2.05, 4.69) is 39.0 Å². The van der Waals surface area contributed by atoms with Crippen LogP contribution in [0.4, 0.5) is 4.39 Å². The first-order chi connectivity index (χ1) is 9.49. The fourth-order valence-electron chi connectivity index (χ4n) is 2.52. The highest BCUT2D eigenvalue weighted by Gasteiger charge is 2.20. The SMILES string of the molecule is CC(C)=CCC/C(C)=C/CCC1=CCC(C(=O)F)CC1. The smallest absolute Gasteiger partial charge is 0.261 e. The van der Waals surface area contributed by atoms with Crippen LogP contribution in [-0.2, 0) is 4.79 Å². The van der Waals surface area contributed by atoms with E-state index < -0.39 is 6.04 Å². The van der Waals surface area contributed by atoms with E-state index in [9.17, 15) is 9.18 Å². The van der Waals surface area contributed by atoms with E-state index in [0.717, 1.165) is 32.1 Å². The van der Waals surface area contributed by atoms with Gasteiger partial charge >= 0.3 is 6.04 Å². The van der Waals surface area contributed by atoms with Crippen molar-refractivity contribution in [3.05, 3.63) is 34.9 Å². The third kappa shape index (κ3) is 6.83. The number of carbonyl (C=O) groups is 1. The van der Waals surface area contributed by atoms with E-state index in [4.69, 9.17) is 0 Å². The highest BCUT2D eigenvalue weighted by Crippen LogP contribution is 2.27. The highest BCUT2D eigenvalue weighted by atomic mass is 19.1. The van der Waals surface area contributed by atoms with Crippen LogP contribution in [0.15, 0.2) is 34.9 Å². The van der Waals surface area contributed by atoms with Crippen molar-refractivity contribution in [2.45, 2.75) is 65.7 Å². The summed E-state index contributed by atoms with van der Waals surface area (Å²) in [6.45, 7) is 6.44. The van der Waals surface area contributed by atoms with Gasteiger partial charge in [-0.2, -0.15) is 4.39 Å². The standard InChI is InChI=1S/C18H27FO/c1-14(2)6-4-7-15(3)8-5-9-16-10-12-17(13-11-16)18(19)20/h6,8,10,17H,4-5,7,9,11-13H2,1-3H3/b15-8+. The molecule has 0 bridgehead atoms. The summed E-state index contributed by atoms with van der Waals surface area (Å²) in [4.78, 5) is 10.6. The highest BCUT2D eigenvalue weighted by molar-refractivity contribution is 5.71.